The van der Waals surface area contributed by atoms with Gasteiger partial charge >= 0.3 is 0 Å². The van der Waals surface area contributed by atoms with Crippen LogP contribution in [-0.4, -0.2) is 4.98 Å². The minimum Gasteiger partial charge on any atom is -0.486 e. The zero-order valence-corrected chi connectivity index (χ0v) is 10.7. The van der Waals surface area contributed by atoms with Crippen LogP contribution in [0.1, 0.15) is 16.7 Å². The van der Waals surface area contributed by atoms with E-state index >= 15 is 0 Å². The third-order valence-electron chi connectivity index (χ3n) is 2.74. The average Bonchev–Trinajstić information content (AvgIpc) is 2.30. The van der Waals surface area contributed by atoms with Crippen molar-refractivity contribution < 1.29 is 4.74 Å². The smallest absolute Gasteiger partial charge is 0.171 e. The van der Waals surface area contributed by atoms with E-state index in [4.69, 9.17) is 16.3 Å². The Morgan fingerprint density at radius 1 is 1.12 bits per heavy atom. The summed E-state index contributed by atoms with van der Waals surface area (Å²) < 4.78 is 5.69. The number of hydrogen-bond acceptors (Lipinski definition) is 2. The maximum atomic E-state index is 5.93. The lowest BCUT2D eigenvalue weighted by atomic mass is 10.0. The molecule has 2 aromatic rings. The van der Waals surface area contributed by atoms with Gasteiger partial charge < -0.3 is 4.74 Å². The Kier molecular flexibility index (Phi) is 3.64. The third-order valence-corrected chi connectivity index (χ3v) is 3.03. The van der Waals surface area contributed by atoms with Crippen molar-refractivity contribution in [3.05, 3.63) is 58.4 Å². The highest BCUT2D eigenvalue weighted by atomic mass is 35.5. The summed E-state index contributed by atoms with van der Waals surface area (Å²) in [6.07, 6.45) is 1.65. The van der Waals surface area contributed by atoms with Crippen molar-refractivity contribution in [2.24, 2.45) is 0 Å². The van der Waals surface area contributed by atoms with Crippen LogP contribution in [0.25, 0.3) is 0 Å². The fraction of sp³-hybridized carbons (Fsp3) is 0.214. The summed E-state index contributed by atoms with van der Waals surface area (Å²) in [5, 5.41) is 0.402. The molecule has 88 valence electrons. The van der Waals surface area contributed by atoms with Crippen LogP contribution in [0.15, 0.2) is 36.5 Å². The van der Waals surface area contributed by atoms with Gasteiger partial charge in [0.25, 0.3) is 0 Å². The van der Waals surface area contributed by atoms with Gasteiger partial charge in [0, 0.05) is 6.20 Å². The van der Waals surface area contributed by atoms with Crippen LogP contribution >= 0.6 is 11.6 Å². The summed E-state index contributed by atoms with van der Waals surface area (Å²) in [5.74, 6) is 0.622. The zero-order valence-electron chi connectivity index (χ0n) is 9.90. The molecule has 0 atom stereocenters. The molecule has 0 unspecified atom stereocenters. The highest BCUT2D eigenvalue weighted by Gasteiger charge is 2.05. The number of pyridine rings is 1. The minimum absolute atomic E-state index is 0.402. The van der Waals surface area contributed by atoms with E-state index in [9.17, 15) is 0 Å². The predicted molar refractivity (Wildman–Crippen MR) is 69.5 cm³/mol. The van der Waals surface area contributed by atoms with Crippen LogP contribution in [0, 0.1) is 13.8 Å². The number of benzene rings is 1. The van der Waals surface area contributed by atoms with Crippen LogP contribution in [0.4, 0.5) is 0 Å². The fourth-order valence-corrected chi connectivity index (χ4v) is 1.88. The molecule has 0 spiro atoms. The van der Waals surface area contributed by atoms with E-state index in [1.165, 1.54) is 16.7 Å². The van der Waals surface area contributed by atoms with Crippen molar-refractivity contribution in [3.63, 3.8) is 0 Å². The summed E-state index contributed by atoms with van der Waals surface area (Å²) in [7, 11) is 0. The Labute approximate surface area is 106 Å². The first kappa shape index (κ1) is 11.9. The Morgan fingerprint density at radius 3 is 2.47 bits per heavy atom. The third kappa shape index (κ3) is 2.77. The molecule has 0 bridgehead atoms. The Hall–Kier alpha value is -1.54. The molecule has 0 fully saturated rings. The van der Waals surface area contributed by atoms with Gasteiger partial charge in [-0.3, -0.25) is 0 Å². The Morgan fingerprint density at radius 2 is 1.82 bits per heavy atom. The van der Waals surface area contributed by atoms with E-state index in [-0.39, 0.29) is 0 Å². The molecule has 2 rings (SSSR count). The normalized spacial score (nSPS) is 10.3. The standard InChI is InChI=1S/C14H14ClNO/c1-10-5-3-6-11(2)12(10)9-17-13-7-4-8-16-14(13)15/h3-8H,9H2,1-2H3. The summed E-state index contributed by atoms with van der Waals surface area (Å²) in [6.45, 7) is 4.68. The van der Waals surface area contributed by atoms with Gasteiger partial charge in [-0.05, 0) is 42.7 Å². The Bertz CT molecular complexity index is 505. The SMILES string of the molecule is Cc1cccc(C)c1COc1cccnc1Cl. The molecule has 0 aliphatic rings. The molecular weight excluding hydrogens is 234 g/mol. The zero-order chi connectivity index (χ0) is 12.3. The summed E-state index contributed by atoms with van der Waals surface area (Å²) in [6, 6.07) is 9.84. The van der Waals surface area contributed by atoms with Crippen molar-refractivity contribution in [1.82, 2.24) is 4.98 Å². The highest BCUT2D eigenvalue weighted by Crippen LogP contribution is 2.23. The van der Waals surface area contributed by atoms with Gasteiger partial charge in [-0.2, -0.15) is 0 Å². The molecule has 1 aromatic heterocycles. The van der Waals surface area contributed by atoms with Crippen molar-refractivity contribution in [2.75, 3.05) is 0 Å². The first-order valence-electron chi connectivity index (χ1n) is 5.47. The van der Waals surface area contributed by atoms with Crippen LogP contribution in [0.5, 0.6) is 5.75 Å². The largest absolute Gasteiger partial charge is 0.486 e. The second-order valence-corrected chi connectivity index (χ2v) is 4.31. The molecule has 0 N–H and O–H groups in total. The molecule has 0 saturated carbocycles. The maximum Gasteiger partial charge on any atom is 0.171 e. The quantitative estimate of drug-likeness (QED) is 0.767. The van der Waals surface area contributed by atoms with Gasteiger partial charge in [0.1, 0.15) is 6.61 Å². The van der Waals surface area contributed by atoms with Crippen molar-refractivity contribution in [1.29, 1.82) is 0 Å². The average molecular weight is 248 g/mol. The number of rotatable bonds is 3. The minimum atomic E-state index is 0.402. The van der Waals surface area contributed by atoms with E-state index < -0.39 is 0 Å². The predicted octanol–water partition coefficient (Wildman–Crippen LogP) is 3.93. The summed E-state index contributed by atoms with van der Waals surface area (Å²) in [4.78, 5) is 3.98. The summed E-state index contributed by atoms with van der Waals surface area (Å²) >= 11 is 5.93. The van der Waals surface area contributed by atoms with Gasteiger partial charge in [-0.25, -0.2) is 4.98 Å². The lowest BCUT2D eigenvalue weighted by Crippen LogP contribution is -2.01. The lowest BCUT2D eigenvalue weighted by Gasteiger charge is -2.11. The molecule has 0 radical (unpaired) electrons. The number of aromatic nitrogens is 1. The van der Waals surface area contributed by atoms with E-state index in [1.54, 1.807) is 6.20 Å². The molecule has 1 heterocycles. The highest BCUT2D eigenvalue weighted by molar-refractivity contribution is 6.30. The van der Waals surface area contributed by atoms with E-state index in [0.29, 0.717) is 17.5 Å². The number of aryl methyl sites for hydroxylation is 2. The molecule has 3 heteroatoms. The number of halogens is 1. The first-order chi connectivity index (χ1) is 8.18. The molecule has 0 saturated heterocycles. The van der Waals surface area contributed by atoms with Gasteiger partial charge in [0.05, 0.1) is 0 Å². The van der Waals surface area contributed by atoms with E-state index in [2.05, 4.69) is 31.0 Å². The van der Waals surface area contributed by atoms with Gasteiger partial charge in [0.15, 0.2) is 10.9 Å². The molecule has 0 aliphatic heterocycles. The topological polar surface area (TPSA) is 22.1 Å². The van der Waals surface area contributed by atoms with Crippen molar-refractivity contribution in [2.45, 2.75) is 20.5 Å². The summed E-state index contributed by atoms with van der Waals surface area (Å²) in [5.41, 5.74) is 3.66. The van der Waals surface area contributed by atoms with Gasteiger partial charge in [-0.1, -0.05) is 29.8 Å². The Balaban J connectivity index is 2.16. The monoisotopic (exact) mass is 247 g/mol. The maximum absolute atomic E-state index is 5.93. The van der Waals surface area contributed by atoms with Crippen molar-refractivity contribution in [3.8, 4) is 5.75 Å². The molecule has 1 aromatic carbocycles. The number of nitrogens with zero attached hydrogens (tertiary/aromatic N) is 1. The molecule has 2 nitrogen and oxygen atoms in total. The van der Waals surface area contributed by atoms with Crippen LogP contribution in [0.3, 0.4) is 0 Å². The molecule has 0 aliphatic carbocycles. The number of ether oxygens (including phenoxy) is 1. The molecular formula is C14H14ClNO. The van der Waals surface area contributed by atoms with Crippen LogP contribution < -0.4 is 4.74 Å². The first-order valence-corrected chi connectivity index (χ1v) is 5.84. The lowest BCUT2D eigenvalue weighted by molar-refractivity contribution is 0.303. The van der Waals surface area contributed by atoms with E-state index in [1.807, 2.05) is 18.2 Å². The van der Waals surface area contributed by atoms with Gasteiger partial charge in [0.2, 0.25) is 0 Å². The van der Waals surface area contributed by atoms with Crippen LogP contribution in [-0.2, 0) is 6.61 Å². The second-order valence-electron chi connectivity index (χ2n) is 3.95. The molecule has 17 heavy (non-hydrogen) atoms. The molecule has 0 amide bonds. The van der Waals surface area contributed by atoms with Gasteiger partial charge in [-0.15, -0.1) is 0 Å². The number of hydrogen-bond donors (Lipinski definition) is 0. The van der Waals surface area contributed by atoms with Crippen LogP contribution in [0.2, 0.25) is 5.15 Å². The second kappa shape index (κ2) is 5.19. The fourth-order valence-electron chi connectivity index (χ4n) is 1.71. The van der Waals surface area contributed by atoms with E-state index in [0.717, 1.165) is 0 Å². The van der Waals surface area contributed by atoms with Crippen molar-refractivity contribution >= 4 is 11.6 Å².